The Kier molecular flexibility index (Phi) is 6.07. The molecule has 1 unspecified atom stereocenters. The van der Waals surface area contributed by atoms with Gasteiger partial charge in [-0.25, -0.2) is 4.98 Å². The van der Waals surface area contributed by atoms with E-state index in [0.717, 1.165) is 16.0 Å². The van der Waals surface area contributed by atoms with E-state index < -0.39 is 6.04 Å². The van der Waals surface area contributed by atoms with Crippen molar-refractivity contribution in [2.45, 2.75) is 19.4 Å². The number of carbonyl (C=O) groups is 2. The Labute approximate surface area is 177 Å². The molecule has 2 aromatic rings. The third kappa shape index (κ3) is 4.12. The molecule has 4 heterocycles. The zero-order valence-electron chi connectivity index (χ0n) is 16.2. The maximum Gasteiger partial charge on any atom is 0.264 e. The monoisotopic (exact) mass is 433 g/mol. The fraction of sp³-hybridized carbons (Fsp3) is 0.450. The lowest BCUT2D eigenvalue weighted by atomic mass is 10.2. The first-order chi connectivity index (χ1) is 14.1. The molecule has 1 fully saturated rings. The molecule has 2 amide bonds. The van der Waals surface area contributed by atoms with E-state index in [1.165, 1.54) is 23.1 Å². The number of hydrogen-bond donors (Lipinski definition) is 1. The molecule has 154 valence electrons. The van der Waals surface area contributed by atoms with Gasteiger partial charge in [0.1, 0.15) is 15.5 Å². The summed E-state index contributed by atoms with van der Waals surface area (Å²) in [4.78, 5) is 36.0. The number of hydrogen-bond acceptors (Lipinski definition) is 7. The average molecular weight is 434 g/mol. The zero-order valence-corrected chi connectivity index (χ0v) is 17.8. The molecule has 0 spiro atoms. The van der Waals surface area contributed by atoms with Gasteiger partial charge in [0.2, 0.25) is 0 Å². The standard InChI is InChI=1S/C20H23N3O4S2/c1-13-17(28-9-8-27-13)20(26)23-7-3-6-22(11-15(23)12-24)19(25)16-10-14-4-2-5-21-18(14)29-16/h2,4-5,10,15,24H,3,6-9,11-12H2,1H3. The van der Waals surface area contributed by atoms with Crippen LogP contribution in [0.25, 0.3) is 10.2 Å². The van der Waals surface area contributed by atoms with Crippen LogP contribution in [0.15, 0.2) is 35.1 Å². The maximum absolute atomic E-state index is 13.1. The third-order valence-electron chi connectivity index (χ3n) is 5.12. The summed E-state index contributed by atoms with van der Waals surface area (Å²) in [7, 11) is 0. The highest BCUT2D eigenvalue weighted by atomic mass is 32.2. The number of rotatable bonds is 3. The first-order valence-electron chi connectivity index (χ1n) is 9.60. The molecule has 0 saturated carbocycles. The van der Waals surface area contributed by atoms with Gasteiger partial charge in [0, 0.05) is 37.0 Å². The predicted molar refractivity (Wildman–Crippen MR) is 114 cm³/mol. The van der Waals surface area contributed by atoms with Crippen LogP contribution in [0.2, 0.25) is 0 Å². The van der Waals surface area contributed by atoms with Crippen molar-refractivity contribution in [2.24, 2.45) is 0 Å². The van der Waals surface area contributed by atoms with Gasteiger partial charge in [0.05, 0.1) is 24.1 Å². The minimum Gasteiger partial charge on any atom is -0.496 e. The van der Waals surface area contributed by atoms with Crippen LogP contribution in [0.1, 0.15) is 23.0 Å². The molecule has 1 saturated heterocycles. The predicted octanol–water partition coefficient (Wildman–Crippen LogP) is 2.33. The van der Waals surface area contributed by atoms with Crippen LogP contribution in [0.4, 0.5) is 0 Å². The van der Waals surface area contributed by atoms with Crippen LogP contribution in [-0.2, 0) is 9.53 Å². The molecule has 0 bridgehead atoms. The Hall–Kier alpha value is -2.10. The normalized spacial score (nSPS) is 20.6. The van der Waals surface area contributed by atoms with Gasteiger partial charge < -0.3 is 19.6 Å². The van der Waals surface area contributed by atoms with Crippen molar-refractivity contribution in [3.8, 4) is 0 Å². The summed E-state index contributed by atoms with van der Waals surface area (Å²) in [6, 6.07) is 5.21. The molecule has 29 heavy (non-hydrogen) atoms. The van der Waals surface area contributed by atoms with Crippen molar-refractivity contribution >= 4 is 45.1 Å². The van der Waals surface area contributed by atoms with Crippen molar-refractivity contribution in [1.82, 2.24) is 14.8 Å². The highest BCUT2D eigenvalue weighted by Gasteiger charge is 2.33. The molecule has 0 aliphatic carbocycles. The zero-order chi connectivity index (χ0) is 20.4. The quantitative estimate of drug-likeness (QED) is 0.800. The second kappa shape index (κ2) is 8.73. The second-order valence-electron chi connectivity index (χ2n) is 7.03. The van der Waals surface area contributed by atoms with Gasteiger partial charge in [-0.05, 0) is 25.5 Å². The summed E-state index contributed by atoms with van der Waals surface area (Å²) in [5.41, 5.74) is 0. The van der Waals surface area contributed by atoms with Gasteiger partial charge in [-0.3, -0.25) is 9.59 Å². The smallest absolute Gasteiger partial charge is 0.264 e. The number of aromatic nitrogens is 1. The summed E-state index contributed by atoms with van der Waals surface area (Å²) in [5, 5.41) is 10.9. The Morgan fingerprint density at radius 2 is 2.21 bits per heavy atom. The van der Waals surface area contributed by atoms with Crippen LogP contribution in [-0.4, -0.2) is 76.3 Å². The average Bonchev–Trinajstić information content (AvgIpc) is 3.05. The first-order valence-corrected chi connectivity index (χ1v) is 11.4. The van der Waals surface area contributed by atoms with Gasteiger partial charge in [0.15, 0.2) is 0 Å². The number of aliphatic hydroxyl groups excluding tert-OH is 1. The number of allylic oxidation sites excluding steroid dienone is 1. The van der Waals surface area contributed by atoms with Crippen LogP contribution in [0, 0.1) is 0 Å². The third-order valence-corrected chi connectivity index (χ3v) is 7.29. The molecule has 0 aromatic carbocycles. The van der Waals surface area contributed by atoms with E-state index in [1.54, 1.807) is 22.9 Å². The van der Waals surface area contributed by atoms with Crippen LogP contribution >= 0.6 is 23.1 Å². The number of thiophene rings is 1. The number of pyridine rings is 1. The summed E-state index contributed by atoms with van der Waals surface area (Å²) in [5.74, 6) is 1.18. The minimum absolute atomic E-state index is 0.0773. The number of fused-ring (bicyclic) bond motifs is 1. The lowest BCUT2D eigenvalue weighted by Crippen LogP contribution is -2.48. The van der Waals surface area contributed by atoms with E-state index in [1.807, 2.05) is 18.2 Å². The number of carbonyl (C=O) groups excluding carboxylic acids is 2. The number of ether oxygens (including phenoxy) is 1. The number of thioether (sulfide) groups is 1. The SMILES string of the molecule is CC1=C(C(=O)N2CCCN(C(=O)c3cc4cccnc4s3)CC2CO)SCCO1. The molecule has 9 heteroatoms. The Balaban J connectivity index is 1.53. The highest BCUT2D eigenvalue weighted by Crippen LogP contribution is 2.29. The first kappa shape index (κ1) is 20.2. The van der Waals surface area contributed by atoms with Crippen molar-refractivity contribution in [3.63, 3.8) is 0 Å². The molecule has 2 aliphatic rings. The van der Waals surface area contributed by atoms with E-state index >= 15 is 0 Å². The molecule has 2 aromatic heterocycles. The fourth-order valence-corrected chi connectivity index (χ4v) is 5.49. The van der Waals surface area contributed by atoms with Gasteiger partial charge in [-0.15, -0.1) is 23.1 Å². The highest BCUT2D eigenvalue weighted by molar-refractivity contribution is 8.04. The van der Waals surface area contributed by atoms with Crippen molar-refractivity contribution in [2.75, 3.05) is 38.6 Å². The summed E-state index contributed by atoms with van der Waals surface area (Å²) in [6.07, 6.45) is 2.38. The topological polar surface area (TPSA) is 83.0 Å². The molecule has 2 aliphatic heterocycles. The summed E-state index contributed by atoms with van der Waals surface area (Å²) in [6.45, 7) is 3.56. The van der Waals surface area contributed by atoms with E-state index in [-0.39, 0.29) is 18.4 Å². The molecule has 1 atom stereocenters. The number of amides is 2. The van der Waals surface area contributed by atoms with Crippen molar-refractivity contribution in [3.05, 3.63) is 39.9 Å². The van der Waals surface area contributed by atoms with Gasteiger partial charge in [-0.1, -0.05) is 6.07 Å². The van der Waals surface area contributed by atoms with Gasteiger partial charge in [-0.2, -0.15) is 0 Å². The molecule has 4 rings (SSSR count). The van der Waals surface area contributed by atoms with Crippen molar-refractivity contribution < 1.29 is 19.4 Å². The molecule has 1 N–H and O–H groups in total. The van der Waals surface area contributed by atoms with E-state index in [0.29, 0.717) is 48.2 Å². The Morgan fingerprint density at radius 3 is 2.97 bits per heavy atom. The van der Waals surface area contributed by atoms with Crippen LogP contribution in [0.5, 0.6) is 0 Å². The molecule has 7 nitrogen and oxygen atoms in total. The Bertz CT molecular complexity index is 925. The van der Waals surface area contributed by atoms with E-state index in [4.69, 9.17) is 4.74 Å². The lowest BCUT2D eigenvalue weighted by Gasteiger charge is -2.32. The number of nitrogens with zero attached hydrogens (tertiary/aromatic N) is 3. The largest absolute Gasteiger partial charge is 0.496 e. The van der Waals surface area contributed by atoms with Gasteiger partial charge >= 0.3 is 0 Å². The molecule has 0 radical (unpaired) electrons. The minimum atomic E-state index is -0.440. The lowest BCUT2D eigenvalue weighted by molar-refractivity contribution is -0.129. The summed E-state index contributed by atoms with van der Waals surface area (Å²) < 4.78 is 5.53. The van der Waals surface area contributed by atoms with Crippen molar-refractivity contribution in [1.29, 1.82) is 0 Å². The van der Waals surface area contributed by atoms with E-state index in [9.17, 15) is 14.7 Å². The Morgan fingerprint density at radius 1 is 1.34 bits per heavy atom. The summed E-state index contributed by atoms with van der Waals surface area (Å²) >= 11 is 2.87. The maximum atomic E-state index is 13.1. The number of aliphatic hydroxyl groups is 1. The van der Waals surface area contributed by atoms with Crippen LogP contribution in [0.3, 0.4) is 0 Å². The molecular formula is C20H23N3O4S2. The van der Waals surface area contributed by atoms with Gasteiger partial charge in [0.25, 0.3) is 11.8 Å². The second-order valence-corrected chi connectivity index (χ2v) is 9.17. The van der Waals surface area contributed by atoms with Crippen LogP contribution < -0.4 is 0 Å². The fourth-order valence-electron chi connectivity index (χ4n) is 3.65. The molecular weight excluding hydrogens is 410 g/mol. The van der Waals surface area contributed by atoms with E-state index in [2.05, 4.69) is 4.98 Å².